The molecule has 3 aromatic rings. The fourth-order valence-corrected chi connectivity index (χ4v) is 3.22. The van der Waals surface area contributed by atoms with Crippen molar-refractivity contribution in [3.8, 4) is 17.0 Å². The fourth-order valence-electron chi connectivity index (χ4n) is 3.22. The van der Waals surface area contributed by atoms with Gasteiger partial charge in [0.05, 0.1) is 18.3 Å². The predicted molar refractivity (Wildman–Crippen MR) is 108 cm³/mol. The number of nitrogens with zero attached hydrogens (tertiary/aromatic N) is 2. The summed E-state index contributed by atoms with van der Waals surface area (Å²) in [5.41, 5.74) is 6.12. The summed E-state index contributed by atoms with van der Waals surface area (Å²) in [6, 6.07) is 10.3. The fraction of sp³-hybridized carbons (Fsp3) is 0.381. The van der Waals surface area contributed by atoms with Crippen molar-refractivity contribution in [1.82, 2.24) is 9.55 Å². The van der Waals surface area contributed by atoms with Crippen LogP contribution in [-0.2, 0) is 6.54 Å². The van der Waals surface area contributed by atoms with Crippen molar-refractivity contribution in [2.75, 3.05) is 7.11 Å². The van der Waals surface area contributed by atoms with Gasteiger partial charge >= 0.3 is 0 Å². The molecule has 0 aliphatic rings. The molecule has 25 heavy (non-hydrogen) atoms. The number of hydrogen-bond donors (Lipinski definition) is 0. The standard InChI is InChI=1S/C21H26N2O.ClH/c1-14(2)11-13-23-16(4)15(3)19-10-12-22-20(21(19)23)17-6-8-18(24-5)9-7-17;/h6-10,12,14H,11,13H2,1-5H3;1H. The second kappa shape index (κ2) is 7.92. The maximum absolute atomic E-state index is 5.28. The monoisotopic (exact) mass is 358 g/mol. The number of aryl methyl sites for hydroxylation is 2. The molecule has 3 nitrogen and oxygen atoms in total. The molecule has 0 aliphatic heterocycles. The van der Waals surface area contributed by atoms with Crippen molar-refractivity contribution in [2.24, 2.45) is 5.92 Å². The summed E-state index contributed by atoms with van der Waals surface area (Å²) < 4.78 is 7.72. The van der Waals surface area contributed by atoms with Gasteiger partial charge in [-0.05, 0) is 62.1 Å². The second-order valence-electron chi connectivity index (χ2n) is 6.83. The Bertz CT molecular complexity index is 850. The highest BCUT2D eigenvalue weighted by atomic mass is 35.5. The van der Waals surface area contributed by atoms with Crippen LogP contribution < -0.4 is 4.74 Å². The van der Waals surface area contributed by atoms with Gasteiger partial charge in [-0.15, -0.1) is 12.4 Å². The lowest BCUT2D eigenvalue weighted by atomic mass is 10.1. The second-order valence-corrected chi connectivity index (χ2v) is 6.83. The molecule has 0 saturated heterocycles. The van der Waals surface area contributed by atoms with Crippen LogP contribution in [0.5, 0.6) is 5.75 Å². The maximum Gasteiger partial charge on any atom is 0.118 e. The molecule has 3 rings (SSSR count). The lowest BCUT2D eigenvalue weighted by Gasteiger charge is -2.13. The zero-order valence-electron chi connectivity index (χ0n) is 15.7. The minimum absolute atomic E-state index is 0. The van der Waals surface area contributed by atoms with E-state index >= 15 is 0 Å². The molecule has 0 N–H and O–H groups in total. The van der Waals surface area contributed by atoms with Gasteiger partial charge in [0.15, 0.2) is 0 Å². The number of hydrogen-bond acceptors (Lipinski definition) is 2. The van der Waals surface area contributed by atoms with Gasteiger partial charge in [-0.25, -0.2) is 0 Å². The Hall–Kier alpha value is -2.00. The van der Waals surface area contributed by atoms with Crippen LogP contribution in [0.4, 0.5) is 0 Å². The largest absolute Gasteiger partial charge is 0.497 e. The van der Waals surface area contributed by atoms with Crippen molar-refractivity contribution in [1.29, 1.82) is 0 Å². The third-order valence-electron chi connectivity index (χ3n) is 4.84. The average molecular weight is 359 g/mol. The van der Waals surface area contributed by atoms with E-state index in [0.717, 1.165) is 23.6 Å². The molecular formula is C21H27ClN2O. The Labute approximate surface area is 156 Å². The molecule has 0 fully saturated rings. The number of aromatic nitrogens is 2. The number of methoxy groups -OCH3 is 1. The Balaban J connectivity index is 0.00000225. The van der Waals surface area contributed by atoms with E-state index in [4.69, 9.17) is 9.72 Å². The normalized spacial score (nSPS) is 11.0. The molecule has 2 aromatic heterocycles. The van der Waals surface area contributed by atoms with Crippen LogP contribution in [0.1, 0.15) is 31.5 Å². The summed E-state index contributed by atoms with van der Waals surface area (Å²) in [7, 11) is 1.69. The van der Waals surface area contributed by atoms with Crippen LogP contribution in [0.3, 0.4) is 0 Å². The molecule has 4 heteroatoms. The number of halogens is 1. The van der Waals surface area contributed by atoms with Crippen LogP contribution in [0.25, 0.3) is 22.2 Å². The van der Waals surface area contributed by atoms with E-state index in [1.54, 1.807) is 7.11 Å². The lowest BCUT2D eigenvalue weighted by Crippen LogP contribution is -2.04. The summed E-state index contributed by atoms with van der Waals surface area (Å²) in [4.78, 5) is 4.71. The smallest absolute Gasteiger partial charge is 0.118 e. The van der Waals surface area contributed by atoms with Crippen LogP contribution in [0.2, 0.25) is 0 Å². The first-order valence-corrected chi connectivity index (χ1v) is 8.61. The number of ether oxygens (including phenoxy) is 1. The summed E-state index contributed by atoms with van der Waals surface area (Å²) in [6.07, 6.45) is 3.09. The molecule has 2 heterocycles. The third kappa shape index (κ3) is 3.67. The summed E-state index contributed by atoms with van der Waals surface area (Å²) in [5, 5.41) is 1.30. The highest BCUT2D eigenvalue weighted by Crippen LogP contribution is 2.33. The predicted octanol–water partition coefficient (Wildman–Crippen LogP) is 5.80. The van der Waals surface area contributed by atoms with E-state index in [1.807, 2.05) is 18.3 Å². The summed E-state index contributed by atoms with van der Waals surface area (Å²) in [6.45, 7) is 10.0. The van der Waals surface area contributed by atoms with Gasteiger partial charge < -0.3 is 9.30 Å². The van der Waals surface area contributed by atoms with Gasteiger partial charge in [-0.1, -0.05) is 13.8 Å². The highest BCUT2D eigenvalue weighted by Gasteiger charge is 2.16. The quantitative estimate of drug-likeness (QED) is 0.576. The van der Waals surface area contributed by atoms with Gasteiger partial charge in [-0.2, -0.15) is 0 Å². The SMILES string of the molecule is COc1ccc(-c2nccc3c(C)c(C)n(CCC(C)C)c23)cc1.Cl. The first-order chi connectivity index (χ1) is 11.5. The van der Waals surface area contributed by atoms with Gasteiger partial charge in [0.1, 0.15) is 5.75 Å². The molecule has 0 saturated carbocycles. The van der Waals surface area contributed by atoms with Gasteiger partial charge in [-0.3, -0.25) is 4.98 Å². The Morgan fingerprint density at radius 1 is 1.08 bits per heavy atom. The summed E-state index contributed by atoms with van der Waals surface area (Å²) >= 11 is 0. The molecular weight excluding hydrogens is 332 g/mol. The number of pyridine rings is 1. The molecule has 0 amide bonds. The zero-order chi connectivity index (χ0) is 17.3. The first-order valence-electron chi connectivity index (χ1n) is 8.61. The molecule has 134 valence electrons. The van der Waals surface area contributed by atoms with Crippen LogP contribution >= 0.6 is 12.4 Å². The molecule has 0 unspecified atom stereocenters. The van der Waals surface area contributed by atoms with Crippen molar-refractivity contribution in [2.45, 2.75) is 40.7 Å². The molecule has 0 spiro atoms. The van der Waals surface area contributed by atoms with Crippen LogP contribution in [0.15, 0.2) is 36.5 Å². The first kappa shape index (κ1) is 19.3. The molecule has 0 radical (unpaired) electrons. The lowest BCUT2D eigenvalue weighted by molar-refractivity contribution is 0.415. The topological polar surface area (TPSA) is 27.1 Å². The molecule has 1 aromatic carbocycles. The van der Waals surface area contributed by atoms with E-state index in [2.05, 4.69) is 50.5 Å². The van der Waals surface area contributed by atoms with E-state index in [0.29, 0.717) is 5.92 Å². The van der Waals surface area contributed by atoms with Crippen molar-refractivity contribution >= 4 is 23.3 Å². The van der Waals surface area contributed by atoms with Gasteiger partial charge in [0.25, 0.3) is 0 Å². The Morgan fingerprint density at radius 2 is 1.76 bits per heavy atom. The van der Waals surface area contributed by atoms with E-state index in [-0.39, 0.29) is 12.4 Å². The number of fused-ring (bicyclic) bond motifs is 1. The van der Waals surface area contributed by atoms with Crippen molar-refractivity contribution in [3.05, 3.63) is 47.8 Å². The maximum atomic E-state index is 5.28. The summed E-state index contributed by atoms with van der Waals surface area (Å²) in [5.74, 6) is 1.55. The van der Waals surface area contributed by atoms with Gasteiger partial charge in [0.2, 0.25) is 0 Å². The average Bonchev–Trinajstić information content (AvgIpc) is 2.84. The van der Waals surface area contributed by atoms with Crippen LogP contribution in [-0.4, -0.2) is 16.7 Å². The number of rotatable bonds is 5. The van der Waals surface area contributed by atoms with Crippen molar-refractivity contribution < 1.29 is 4.74 Å². The number of benzene rings is 1. The molecule has 0 atom stereocenters. The Morgan fingerprint density at radius 3 is 2.36 bits per heavy atom. The Kier molecular flexibility index (Phi) is 6.12. The van der Waals surface area contributed by atoms with E-state index in [9.17, 15) is 0 Å². The molecule has 0 bridgehead atoms. The van der Waals surface area contributed by atoms with Crippen LogP contribution in [0, 0.1) is 19.8 Å². The zero-order valence-corrected chi connectivity index (χ0v) is 16.5. The highest BCUT2D eigenvalue weighted by molar-refractivity contribution is 5.95. The molecule has 0 aliphatic carbocycles. The van der Waals surface area contributed by atoms with Gasteiger partial charge in [0, 0.05) is 29.4 Å². The van der Waals surface area contributed by atoms with E-state index in [1.165, 1.54) is 28.6 Å². The third-order valence-corrected chi connectivity index (χ3v) is 4.84. The minimum atomic E-state index is 0. The van der Waals surface area contributed by atoms with Crippen molar-refractivity contribution in [3.63, 3.8) is 0 Å². The van der Waals surface area contributed by atoms with E-state index < -0.39 is 0 Å². The minimum Gasteiger partial charge on any atom is -0.497 e.